The Morgan fingerprint density at radius 2 is 1.75 bits per heavy atom. The van der Waals surface area contributed by atoms with Gasteiger partial charge in [-0.15, -0.1) is 0 Å². The lowest BCUT2D eigenvalue weighted by atomic mass is 10.1. The van der Waals surface area contributed by atoms with E-state index in [1.807, 2.05) is 32.0 Å². The zero-order valence-electron chi connectivity index (χ0n) is 11.4. The van der Waals surface area contributed by atoms with Gasteiger partial charge in [-0.2, -0.15) is 0 Å². The molecule has 2 rings (SSSR count). The van der Waals surface area contributed by atoms with E-state index in [4.69, 9.17) is 0 Å². The summed E-state index contributed by atoms with van der Waals surface area (Å²) in [6, 6.07) is 11.1. The lowest BCUT2D eigenvalue weighted by Crippen LogP contribution is -2.15. The SMILES string of the molecule is CCc1cccc(C)c1NS(=O)(=O)c1ccc(O)cc1. The second kappa shape index (κ2) is 5.54. The fourth-order valence-corrected chi connectivity index (χ4v) is 3.16. The third kappa shape index (κ3) is 2.93. The van der Waals surface area contributed by atoms with E-state index < -0.39 is 10.0 Å². The normalized spacial score (nSPS) is 11.3. The Balaban J connectivity index is 2.41. The Morgan fingerprint density at radius 3 is 2.35 bits per heavy atom. The van der Waals surface area contributed by atoms with Gasteiger partial charge in [0.15, 0.2) is 0 Å². The molecule has 0 atom stereocenters. The summed E-state index contributed by atoms with van der Waals surface area (Å²) in [7, 11) is -3.65. The quantitative estimate of drug-likeness (QED) is 0.909. The molecule has 2 aromatic carbocycles. The molecule has 0 aliphatic heterocycles. The molecule has 0 aliphatic rings. The van der Waals surface area contributed by atoms with Crippen molar-refractivity contribution < 1.29 is 13.5 Å². The maximum absolute atomic E-state index is 12.3. The molecule has 0 aromatic heterocycles. The number of phenols is 1. The van der Waals surface area contributed by atoms with Gasteiger partial charge in [-0.05, 0) is 48.7 Å². The van der Waals surface area contributed by atoms with Crippen molar-refractivity contribution in [2.75, 3.05) is 4.72 Å². The summed E-state index contributed by atoms with van der Waals surface area (Å²) in [5.74, 6) is 0.0362. The molecular formula is C15H17NO3S. The van der Waals surface area contributed by atoms with Gasteiger partial charge in [-0.1, -0.05) is 25.1 Å². The number of sulfonamides is 1. The van der Waals surface area contributed by atoms with Crippen LogP contribution < -0.4 is 4.72 Å². The van der Waals surface area contributed by atoms with Crippen molar-refractivity contribution in [3.8, 4) is 5.75 Å². The average Bonchev–Trinajstić information content (AvgIpc) is 2.41. The van der Waals surface area contributed by atoms with E-state index in [1.165, 1.54) is 24.3 Å². The van der Waals surface area contributed by atoms with Crippen LogP contribution in [0, 0.1) is 6.92 Å². The number of para-hydroxylation sites is 1. The van der Waals surface area contributed by atoms with E-state index in [1.54, 1.807) is 0 Å². The predicted molar refractivity (Wildman–Crippen MR) is 79.5 cm³/mol. The van der Waals surface area contributed by atoms with Crippen LogP contribution in [0.1, 0.15) is 18.1 Å². The molecule has 0 spiro atoms. The van der Waals surface area contributed by atoms with Gasteiger partial charge in [0.2, 0.25) is 0 Å². The van der Waals surface area contributed by atoms with Crippen LogP contribution in [0.15, 0.2) is 47.4 Å². The third-order valence-corrected chi connectivity index (χ3v) is 4.49. The summed E-state index contributed by atoms with van der Waals surface area (Å²) in [4.78, 5) is 0.126. The van der Waals surface area contributed by atoms with Gasteiger partial charge in [0.25, 0.3) is 10.0 Å². The Hall–Kier alpha value is -2.01. The van der Waals surface area contributed by atoms with Gasteiger partial charge >= 0.3 is 0 Å². The largest absolute Gasteiger partial charge is 0.508 e. The molecule has 0 unspecified atom stereocenters. The van der Waals surface area contributed by atoms with Crippen LogP contribution in [0.2, 0.25) is 0 Å². The van der Waals surface area contributed by atoms with Crippen LogP contribution in [-0.4, -0.2) is 13.5 Å². The highest BCUT2D eigenvalue weighted by Crippen LogP contribution is 2.25. The first-order valence-corrected chi connectivity index (χ1v) is 7.82. The molecule has 0 amide bonds. The zero-order chi connectivity index (χ0) is 14.8. The van der Waals surface area contributed by atoms with E-state index in [0.29, 0.717) is 5.69 Å². The average molecular weight is 291 g/mol. The molecule has 0 bridgehead atoms. The molecule has 20 heavy (non-hydrogen) atoms. The Kier molecular flexibility index (Phi) is 3.99. The minimum absolute atomic E-state index is 0.0362. The van der Waals surface area contributed by atoms with Crippen LogP contribution >= 0.6 is 0 Å². The molecule has 0 radical (unpaired) electrons. The summed E-state index contributed by atoms with van der Waals surface area (Å²) in [5, 5.41) is 9.22. The van der Waals surface area contributed by atoms with Crippen molar-refractivity contribution in [3.63, 3.8) is 0 Å². The number of anilines is 1. The Bertz CT molecular complexity index is 706. The smallest absolute Gasteiger partial charge is 0.261 e. The maximum Gasteiger partial charge on any atom is 0.261 e. The van der Waals surface area contributed by atoms with E-state index in [-0.39, 0.29) is 10.6 Å². The number of rotatable bonds is 4. The highest BCUT2D eigenvalue weighted by Gasteiger charge is 2.16. The number of hydrogen-bond donors (Lipinski definition) is 2. The van der Waals surface area contributed by atoms with Gasteiger partial charge in [0, 0.05) is 0 Å². The van der Waals surface area contributed by atoms with Crippen LogP contribution in [0.5, 0.6) is 5.75 Å². The number of hydrogen-bond acceptors (Lipinski definition) is 3. The fourth-order valence-electron chi connectivity index (χ4n) is 1.99. The van der Waals surface area contributed by atoms with Crippen molar-refractivity contribution >= 4 is 15.7 Å². The van der Waals surface area contributed by atoms with Crippen molar-refractivity contribution in [1.29, 1.82) is 0 Å². The second-order valence-electron chi connectivity index (χ2n) is 4.56. The van der Waals surface area contributed by atoms with Crippen molar-refractivity contribution in [3.05, 3.63) is 53.6 Å². The van der Waals surface area contributed by atoms with Gasteiger partial charge in [-0.3, -0.25) is 4.72 Å². The summed E-state index contributed by atoms with van der Waals surface area (Å²) in [6.45, 7) is 3.85. The van der Waals surface area contributed by atoms with Gasteiger partial charge in [0.05, 0.1) is 10.6 Å². The minimum atomic E-state index is -3.65. The first kappa shape index (κ1) is 14.4. The first-order chi connectivity index (χ1) is 9.44. The number of aryl methyl sites for hydroxylation is 2. The summed E-state index contributed by atoms with van der Waals surface area (Å²) >= 11 is 0. The predicted octanol–water partition coefficient (Wildman–Crippen LogP) is 3.06. The molecule has 0 aliphatic carbocycles. The monoisotopic (exact) mass is 291 g/mol. The number of phenolic OH excluding ortho intramolecular Hbond substituents is 1. The molecule has 5 heteroatoms. The highest BCUT2D eigenvalue weighted by molar-refractivity contribution is 7.92. The van der Waals surface area contributed by atoms with Crippen molar-refractivity contribution in [2.24, 2.45) is 0 Å². The highest BCUT2D eigenvalue weighted by atomic mass is 32.2. The van der Waals surface area contributed by atoms with Crippen LogP contribution in [0.4, 0.5) is 5.69 Å². The zero-order valence-corrected chi connectivity index (χ0v) is 12.2. The Labute approximate surface area is 119 Å². The van der Waals surface area contributed by atoms with Crippen LogP contribution in [0.3, 0.4) is 0 Å². The topological polar surface area (TPSA) is 66.4 Å². The number of aromatic hydroxyl groups is 1. The molecule has 106 valence electrons. The van der Waals surface area contributed by atoms with E-state index >= 15 is 0 Å². The van der Waals surface area contributed by atoms with Gasteiger partial charge in [0.1, 0.15) is 5.75 Å². The summed E-state index contributed by atoms with van der Waals surface area (Å²) < 4.78 is 27.3. The maximum atomic E-state index is 12.3. The molecule has 0 fully saturated rings. The molecule has 2 N–H and O–H groups in total. The molecule has 0 heterocycles. The van der Waals surface area contributed by atoms with Gasteiger partial charge < -0.3 is 5.11 Å². The fraction of sp³-hybridized carbons (Fsp3) is 0.200. The van der Waals surface area contributed by atoms with E-state index in [2.05, 4.69) is 4.72 Å². The van der Waals surface area contributed by atoms with Gasteiger partial charge in [-0.25, -0.2) is 8.42 Å². The molecule has 0 saturated carbocycles. The van der Waals surface area contributed by atoms with E-state index in [9.17, 15) is 13.5 Å². The lowest BCUT2D eigenvalue weighted by molar-refractivity contribution is 0.475. The first-order valence-electron chi connectivity index (χ1n) is 6.34. The minimum Gasteiger partial charge on any atom is -0.508 e. The van der Waals surface area contributed by atoms with Crippen molar-refractivity contribution in [2.45, 2.75) is 25.2 Å². The molecule has 4 nitrogen and oxygen atoms in total. The number of benzene rings is 2. The lowest BCUT2D eigenvalue weighted by Gasteiger charge is -2.14. The third-order valence-electron chi connectivity index (χ3n) is 3.12. The van der Waals surface area contributed by atoms with Crippen molar-refractivity contribution in [1.82, 2.24) is 0 Å². The standard InChI is InChI=1S/C15H17NO3S/c1-3-12-6-4-5-11(2)15(12)16-20(18,19)14-9-7-13(17)8-10-14/h4-10,16-17H,3H2,1-2H3. The Morgan fingerprint density at radius 1 is 1.10 bits per heavy atom. The molecular weight excluding hydrogens is 274 g/mol. The van der Waals surface area contributed by atoms with E-state index in [0.717, 1.165) is 17.5 Å². The number of nitrogens with one attached hydrogen (secondary N) is 1. The summed E-state index contributed by atoms with van der Waals surface area (Å²) in [5.41, 5.74) is 2.46. The molecule has 0 saturated heterocycles. The second-order valence-corrected chi connectivity index (χ2v) is 6.24. The van der Waals surface area contributed by atoms with Crippen LogP contribution in [0.25, 0.3) is 0 Å². The summed E-state index contributed by atoms with van der Waals surface area (Å²) in [6.07, 6.45) is 0.745. The molecule has 2 aromatic rings. The van der Waals surface area contributed by atoms with Crippen LogP contribution in [-0.2, 0) is 16.4 Å².